The molecule has 0 radical (unpaired) electrons. The fourth-order valence-corrected chi connectivity index (χ4v) is 3.24. The summed E-state index contributed by atoms with van der Waals surface area (Å²) in [6.07, 6.45) is -4.19. The maximum Gasteiger partial charge on any atom is 0.434 e. The van der Waals surface area contributed by atoms with Gasteiger partial charge in [0.2, 0.25) is 0 Å². The van der Waals surface area contributed by atoms with Gasteiger partial charge in [-0.1, -0.05) is 12.1 Å². The highest BCUT2D eigenvalue weighted by atomic mass is 32.1. The lowest BCUT2D eigenvalue weighted by Gasteiger charge is -2.13. The van der Waals surface area contributed by atoms with E-state index in [1.807, 2.05) is 0 Å². The van der Waals surface area contributed by atoms with Gasteiger partial charge in [-0.2, -0.15) is 13.2 Å². The van der Waals surface area contributed by atoms with Gasteiger partial charge >= 0.3 is 6.18 Å². The van der Waals surface area contributed by atoms with Crippen molar-refractivity contribution in [3.8, 4) is 11.3 Å². The van der Waals surface area contributed by atoms with Gasteiger partial charge in [0.1, 0.15) is 10.8 Å². The van der Waals surface area contributed by atoms with Gasteiger partial charge in [-0.25, -0.2) is 9.37 Å². The van der Waals surface area contributed by atoms with E-state index in [4.69, 9.17) is 4.52 Å². The van der Waals surface area contributed by atoms with E-state index in [0.29, 0.717) is 12.0 Å². The van der Waals surface area contributed by atoms with Gasteiger partial charge in [0.05, 0.1) is 6.04 Å². The average Bonchev–Trinajstić information content (AvgIpc) is 3.29. The third kappa shape index (κ3) is 4.33. The number of carbonyl (C=O) groups is 1. The highest BCUT2D eigenvalue weighted by Crippen LogP contribution is 2.32. The summed E-state index contributed by atoms with van der Waals surface area (Å²) in [6.45, 7) is 1.71. The zero-order valence-electron chi connectivity index (χ0n) is 13.9. The van der Waals surface area contributed by atoms with Crippen LogP contribution in [0, 0.1) is 5.82 Å². The van der Waals surface area contributed by atoms with E-state index >= 15 is 0 Å². The van der Waals surface area contributed by atoms with Crippen LogP contribution in [-0.4, -0.2) is 16.0 Å². The monoisotopic (exact) mass is 399 g/mol. The van der Waals surface area contributed by atoms with E-state index in [2.05, 4.69) is 15.5 Å². The van der Waals surface area contributed by atoms with Crippen LogP contribution >= 0.6 is 11.3 Å². The molecule has 3 rings (SSSR count). The Labute approximate surface area is 155 Å². The quantitative estimate of drug-likeness (QED) is 0.624. The molecule has 1 aromatic carbocycles. The number of nitrogens with zero attached hydrogens (tertiary/aromatic N) is 2. The molecule has 10 heteroatoms. The number of aromatic nitrogens is 2. The Morgan fingerprint density at radius 3 is 2.59 bits per heavy atom. The maximum absolute atomic E-state index is 13.0. The van der Waals surface area contributed by atoms with Crippen molar-refractivity contribution in [1.82, 2.24) is 15.5 Å². The van der Waals surface area contributed by atoms with E-state index < -0.39 is 29.6 Å². The molecule has 2 heterocycles. The van der Waals surface area contributed by atoms with Crippen LogP contribution in [0.25, 0.3) is 11.3 Å². The van der Waals surface area contributed by atoms with E-state index in [9.17, 15) is 22.4 Å². The molecule has 0 aliphatic heterocycles. The van der Waals surface area contributed by atoms with Crippen LogP contribution in [0.5, 0.6) is 0 Å². The molecule has 0 saturated heterocycles. The molecular weight excluding hydrogens is 386 g/mol. The fraction of sp³-hybridized carbons (Fsp3) is 0.235. The van der Waals surface area contributed by atoms with Gasteiger partial charge in [-0.05, 0) is 30.7 Å². The second-order valence-corrected chi connectivity index (χ2v) is 6.48. The van der Waals surface area contributed by atoms with Crippen LogP contribution in [0.1, 0.15) is 40.6 Å². The molecule has 0 aliphatic carbocycles. The van der Waals surface area contributed by atoms with Crippen molar-refractivity contribution < 1.29 is 26.9 Å². The first-order chi connectivity index (χ1) is 12.8. The number of hydrogen-bond donors (Lipinski definition) is 1. The molecule has 0 bridgehead atoms. The molecule has 2 aromatic heterocycles. The number of rotatable bonds is 5. The largest absolute Gasteiger partial charge is 0.434 e. The van der Waals surface area contributed by atoms with Gasteiger partial charge < -0.3 is 9.84 Å². The summed E-state index contributed by atoms with van der Waals surface area (Å²) in [7, 11) is 0. The van der Waals surface area contributed by atoms with Crippen LogP contribution in [0.2, 0.25) is 0 Å². The molecule has 0 spiro atoms. The summed E-state index contributed by atoms with van der Waals surface area (Å²) in [5, 5.41) is 7.32. The molecule has 0 fully saturated rings. The SMILES string of the molecule is CCC(NC(=O)c1cc(-c2ccc(F)cc2)on1)c1nc(C(F)(F)F)cs1. The lowest BCUT2D eigenvalue weighted by atomic mass is 10.1. The fourth-order valence-electron chi connectivity index (χ4n) is 2.28. The van der Waals surface area contributed by atoms with Gasteiger partial charge in [0.25, 0.3) is 5.91 Å². The molecule has 3 aromatic rings. The van der Waals surface area contributed by atoms with Crippen LogP contribution < -0.4 is 5.32 Å². The third-order valence-electron chi connectivity index (χ3n) is 3.70. The highest BCUT2D eigenvalue weighted by Gasteiger charge is 2.34. The van der Waals surface area contributed by atoms with Crippen molar-refractivity contribution in [1.29, 1.82) is 0 Å². The van der Waals surface area contributed by atoms with Crippen LogP contribution in [0.4, 0.5) is 17.6 Å². The molecule has 0 saturated carbocycles. The van der Waals surface area contributed by atoms with Crippen molar-refractivity contribution in [3.63, 3.8) is 0 Å². The molecular formula is C17H13F4N3O2S. The van der Waals surface area contributed by atoms with Gasteiger partial charge in [-0.15, -0.1) is 11.3 Å². The van der Waals surface area contributed by atoms with Crippen LogP contribution in [0.3, 0.4) is 0 Å². The Hall–Kier alpha value is -2.75. The summed E-state index contributed by atoms with van der Waals surface area (Å²) in [5.74, 6) is -0.756. The highest BCUT2D eigenvalue weighted by molar-refractivity contribution is 7.09. The minimum Gasteiger partial charge on any atom is -0.355 e. The normalized spacial score (nSPS) is 12.8. The smallest absolute Gasteiger partial charge is 0.355 e. The van der Waals surface area contributed by atoms with Crippen molar-refractivity contribution in [3.05, 3.63) is 57.9 Å². The number of halogens is 4. The zero-order valence-corrected chi connectivity index (χ0v) is 14.7. The number of amides is 1. The first-order valence-corrected chi connectivity index (χ1v) is 8.72. The van der Waals surface area contributed by atoms with Gasteiger partial charge in [-0.3, -0.25) is 4.79 Å². The first kappa shape index (κ1) is 19.0. The molecule has 27 heavy (non-hydrogen) atoms. The Morgan fingerprint density at radius 1 is 1.30 bits per heavy atom. The Kier molecular flexibility index (Phi) is 5.26. The second-order valence-electron chi connectivity index (χ2n) is 5.59. The predicted octanol–water partition coefficient (Wildman–Crippen LogP) is 4.84. The summed E-state index contributed by atoms with van der Waals surface area (Å²) in [4.78, 5) is 15.9. The van der Waals surface area contributed by atoms with E-state index in [1.165, 1.54) is 30.3 Å². The molecule has 142 valence electrons. The van der Waals surface area contributed by atoms with E-state index in [1.54, 1.807) is 6.92 Å². The topological polar surface area (TPSA) is 68.0 Å². The van der Waals surface area contributed by atoms with Crippen LogP contribution in [-0.2, 0) is 6.18 Å². The second kappa shape index (κ2) is 7.47. The van der Waals surface area contributed by atoms with Gasteiger partial charge in [0.15, 0.2) is 17.1 Å². The number of thiazole rings is 1. The summed E-state index contributed by atoms with van der Waals surface area (Å²) in [6, 6.07) is 6.11. The van der Waals surface area contributed by atoms with E-state index in [0.717, 1.165) is 16.7 Å². The average molecular weight is 399 g/mol. The maximum atomic E-state index is 13.0. The van der Waals surface area contributed by atoms with Crippen molar-refractivity contribution in [2.45, 2.75) is 25.6 Å². The Balaban J connectivity index is 1.74. The summed E-state index contributed by atoms with van der Waals surface area (Å²) < 4.78 is 56.1. The molecule has 0 aliphatic rings. The molecule has 1 unspecified atom stereocenters. The lowest BCUT2D eigenvalue weighted by Crippen LogP contribution is -2.28. The van der Waals surface area contributed by atoms with E-state index in [-0.39, 0.29) is 16.5 Å². The minimum absolute atomic E-state index is 0.0413. The lowest BCUT2D eigenvalue weighted by molar-refractivity contribution is -0.140. The van der Waals surface area contributed by atoms with Crippen molar-refractivity contribution in [2.24, 2.45) is 0 Å². The summed E-state index contributed by atoms with van der Waals surface area (Å²) >= 11 is 0.825. The van der Waals surface area contributed by atoms with Crippen LogP contribution in [0.15, 0.2) is 40.2 Å². The zero-order chi connectivity index (χ0) is 19.6. The number of carbonyl (C=O) groups excluding carboxylic acids is 1. The van der Waals surface area contributed by atoms with Crippen molar-refractivity contribution >= 4 is 17.2 Å². The number of alkyl halides is 3. The first-order valence-electron chi connectivity index (χ1n) is 7.84. The minimum atomic E-state index is -4.53. The molecule has 5 nitrogen and oxygen atoms in total. The predicted molar refractivity (Wildman–Crippen MR) is 89.5 cm³/mol. The number of hydrogen-bond acceptors (Lipinski definition) is 5. The summed E-state index contributed by atoms with van der Waals surface area (Å²) in [5.41, 5.74) is -0.500. The standard InChI is InChI=1S/C17H13F4N3O2S/c1-2-11(16-23-14(8-27-16)17(19,20)21)22-15(25)12-7-13(26-24-12)9-3-5-10(18)6-4-9/h3-8,11H,2H2,1H3,(H,22,25). The molecule has 1 atom stereocenters. The Morgan fingerprint density at radius 2 is 2.00 bits per heavy atom. The van der Waals surface area contributed by atoms with Gasteiger partial charge in [0, 0.05) is 17.0 Å². The molecule has 1 N–H and O–H groups in total. The Bertz CT molecular complexity index is 934. The third-order valence-corrected chi connectivity index (χ3v) is 4.65. The molecule has 1 amide bonds. The number of benzene rings is 1. The number of nitrogens with one attached hydrogen (secondary N) is 1. The van der Waals surface area contributed by atoms with Crippen molar-refractivity contribution in [2.75, 3.05) is 0 Å².